The second-order valence-corrected chi connectivity index (χ2v) is 11.9. The Morgan fingerprint density at radius 2 is 1.80 bits per heavy atom. The summed E-state index contributed by atoms with van der Waals surface area (Å²) in [5.74, 6) is -1.88. The number of pyridine rings is 2. The molecule has 1 unspecified atom stereocenters. The molecule has 40 heavy (non-hydrogen) atoms. The summed E-state index contributed by atoms with van der Waals surface area (Å²) < 4.78 is 67.0. The minimum absolute atomic E-state index is 0.0420. The number of benzene rings is 1. The van der Waals surface area contributed by atoms with Crippen LogP contribution >= 0.6 is 0 Å². The molecular formula is C28H25F2N5O4S. The van der Waals surface area contributed by atoms with Gasteiger partial charge in [0.1, 0.15) is 17.6 Å². The number of hydrogen-bond donors (Lipinski definition) is 0. The van der Waals surface area contributed by atoms with Gasteiger partial charge in [0.15, 0.2) is 15.7 Å². The highest BCUT2D eigenvalue weighted by Gasteiger charge is 2.18. The first-order valence-corrected chi connectivity index (χ1v) is 14.6. The predicted octanol–water partition coefficient (Wildman–Crippen LogP) is 4.17. The van der Waals surface area contributed by atoms with Gasteiger partial charge >= 0.3 is 0 Å². The first-order valence-electron chi connectivity index (χ1n) is 12.5. The first-order chi connectivity index (χ1) is 19.2. The summed E-state index contributed by atoms with van der Waals surface area (Å²) in [5.41, 5.74) is 4.64. The van der Waals surface area contributed by atoms with Gasteiger partial charge in [-0.25, -0.2) is 21.7 Å². The van der Waals surface area contributed by atoms with E-state index in [9.17, 15) is 17.2 Å². The summed E-state index contributed by atoms with van der Waals surface area (Å²) in [6.07, 6.45) is 9.28. The summed E-state index contributed by atoms with van der Waals surface area (Å²) >= 11 is 0. The van der Waals surface area contributed by atoms with Crippen molar-refractivity contribution >= 4 is 15.4 Å². The Morgan fingerprint density at radius 1 is 0.950 bits per heavy atom. The minimum atomic E-state index is -3.38. The molecule has 1 fully saturated rings. The van der Waals surface area contributed by atoms with Crippen LogP contribution in [0.1, 0.15) is 5.56 Å². The Labute approximate surface area is 228 Å². The van der Waals surface area contributed by atoms with Crippen LogP contribution in [0.25, 0.3) is 39.0 Å². The van der Waals surface area contributed by atoms with E-state index in [1.807, 2.05) is 29.2 Å². The largest absolute Gasteiger partial charge is 0.376 e. The number of hydrogen-bond acceptors (Lipinski definition) is 7. The van der Waals surface area contributed by atoms with Crippen molar-refractivity contribution in [1.82, 2.24) is 24.4 Å². The van der Waals surface area contributed by atoms with Gasteiger partial charge in [-0.1, -0.05) is 6.07 Å². The van der Waals surface area contributed by atoms with Gasteiger partial charge in [-0.2, -0.15) is 10.2 Å². The lowest BCUT2D eigenvalue weighted by atomic mass is 9.99. The second-order valence-electron chi connectivity index (χ2n) is 9.80. The molecule has 1 aliphatic rings. The van der Waals surface area contributed by atoms with E-state index in [-0.39, 0.29) is 17.6 Å². The van der Waals surface area contributed by atoms with Crippen LogP contribution < -0.4 is 0 Å². The molecule has 0 bridgehead atoms. The number of sulfone groups is 1. The van der Waals surface area contributed by atoms with Crippen molar-refractivity contribution < 1.29 is 26.7 Å². The Balaban J connectivity index is 1.35. The summed E-state index contributed by atoms with van der Waals surface area (Å²) in [6, 6.07) is 9.59. The van der Waals surface area contributed by atoms with Crippen LogP contribution in [-0.4, -0.2) is 65.0 Å². The maximum Gasteiger partial charge on any atom is 0.152 e. The van der Waals surface area contributed by atoms with Crippen LogP contribution in [0, 0.1) is 11.6 Å². The van der Waals surface area contributed by atoms with Crippen molar-refractivity contribution in [3.63, 3.8) is 0 Å². The molecule has 1 aromatic carbocycles. The van der Waals surface area contributed by atoms with Gasteiger partial charge in [-0.3, -0.25) is 9.67 Å². The second kappa shape index (κ2) is 10.5. The Morgan fingerprint density at radius 3 is 2.58 bits per heavy atom. The van der Waals surface area contributed by atoms with Crippen molar-refractivity contribution in [1.29, 1.82) is 0 Å². The molecule has 5 aromatic rings. The summed E-state index contributed by atoms with van der Waals surface area (Å²) in [4.78, 5) is 3.91. The van der Waals surface area contributed by atoms with Gasteiger partial charge in [-0.15, -0.1) is 0 Å². The molecule has 206 valence electrons. The molecule has 0 amide bonds. The van der Waals surface area contributed by atoms with Crippen LogP contribution in [0.5, 0.6) is 0 Å². The van der Waals surface area contributed by atoms with E-state index in [4.69, 9.17) is 9.47 Å². The van der Waals surface area contributed by atoms with E-state index in [1.54, 1.807) is 35.1 Å². The first kappa shape index (κ1) is 26.2. The molecule has 12 heteroatoms. The zero-order valence-corrected chi connectivity index (χ0v) is 22.3. The van der Waals surface area contributed by atoms with Crippen LogP contribution in [-0.2, 0) is 31.6 Å². The van der Waals surface area contributed by atoms with Gasteiger partial charge in [0, 0.05) is 47.0 Å². The number of nitrogens with zero attached hydrogens (tertiary/aromatic N) is 5. The molecule has 5 heterocycles. The fraction of sp³-hybridized carbons (Fsp3) is 0.250. The maximum atomic E-state index is 14.6. The van der Waals surface area contributed by atoms with Gasteiger partial charge in [0.25, 0.3) is 0 Å². The Kier molecular flexibility index (Phi) is 6.90. The third kappa shape index (κ3) is 5.64. The molecule has 0 aliphatic carbocycles. The normalized spacial score (nSPS) is 16.0. The minimum Gasteiger partial charge on any atom is -0.376 e. The third-order valence-electron chi connectivity index (χ3n) is 6.57. The molecule has 1 saturated heterocycles. The van der Waals surface area contributed by atoms with Gasteiger partial charge in [0.2, 0.25) is 0 Å². The zero-order valence-electron chi connectivity index (χ0n) is 21.5. The van der Waals surface area contributed by atoms with Crippen LogP contribution in [0.4, 0.5) is 8.78 Å². The van der Waals surface area contributed by atoms with Gasteiger partial charge < -0.3 is 9.47 Å². The van der Waals surface area contributed by atoms with E-state index < -0.39 is 21.5 Å². The van der Waals surface area contributed by atoms with Gasteiger partial charge in [-0.05, 0) is 35.4 Å². The predicted molar refractivity (Wildman–Crippen MR) is 144 cm³/mol. The lowest BCUT2D eigenvalue weighted by Crippen LogP contribution is -2.32. The van der Waals surface area contributed by atoms with Crippen molar-refractivity contribution in [2.24, 2.45) is 0 Å². The fourth-order valence-electron chi connectivity index (χ4n) is 4.84. The number of ether oxygens (including phenoxy) is 2. The van der Waals surface area contributed by atoms with E-state index in [1.165, 1.54) is 0 Å². The molecule has 1 atom stereocenters. The Bertz CT molecular complexity index is 1810. The highest BCUT2D eigenvalue weighted by molar-refractivity contribution is 7.89. The standard InChI is InChI=1S/C28H25F2N5O4S/c1-40(36,37)17-18-6-20(8-21(7-18)28-26(30)9-23(29)11-31-28)25-12-33-35-14-19(2-3-27(25)35)22-10-32-34(13-22)15-24-16-38-4-5-39-24/h2-3,6-14,24H,4-5,15-17H2,1H3. The highest BCUT2D eigenvalue weighted by Crippen LogP contribution is 2.33. The van der Waals surface area contributed by atoms with E-state index >= 15 is 0 Å². The molecule has 0 N–H and O–H groups in total. The third-order valence-corrected chi connectivity index (χ3v) is 7.43. The molecule has 4 aromatic heterocycles. The molecular weight excluding hydrogens is 540 g/mol. The zero-order chi connectivity index (χ0) is 27.9. The Hall–Kier alpha value is -4.00. The van der Waals surface area contributed by atoms with Crippen LogP contribution in [0.15, 0.2) is 67.4 Å². The molecule has 9 nitrogen and oxygen atoms in total. The number of aromatic nitrogens is 5. The molecule has 0 radical (unpaired) electrons. The van der Waals surface area contributed by atoms with Crippen LogP contribution in [0.2, 0.25) is 0 Å². The molecule has 6 rings (SSSR count). The van der Waals surface area contributed by atoms with Crippen molar-refractivity contribution in [3.8, 4) is 33.5 Å². The number of halogens is 2. The molecule has 0 saturated carbocycles. The summed E-state index contributed by atoms with van der Waals surface area (Å²) in [5, 5.41) is 8.96. The summed E-state index contributed by atoms with van der Waals surface area (Å²) in [6.45, 7) is 2.30. The van der Waals surface area contributed by atoms with Crippen LogP contribution in [0.3, 0.4) is 0 Å². The molecule has 0 spiro atoms. The smallest absolute Gasteiger partial charge is 0.152 e. The van der Waals surface area contributed by atoms with Gasteiger partial charge in [0.05, 0.1) is 56.2 Å². The average Bonchev–Trinajstić information content (AvgIpc) is 3.55. The average molecular weight is 566 g/mol. The lowest BCUT2D eigenvalue weighted by Gasteiger charge is -2.22. The topological polar surface area (TPSA) is 101 Å². The van der Waals surface area contributed by atoms with E-state index in [0.717, 1.165) is 40.7 Å². The van der Waals surface area contributed by atoms with Crippen molar-refractivity contribution in [3.05, 3.63) is 84.6 Å². The highest BCUT2D eigenvalue weighted by atomic mass is 32.2. The fourth-order valence-corrected chi connectivity index (χ4v) is 5.61. The SMILES string of the molecule is CS(=O)(=O)Cc1cc(-c2ncc(F)cc2F)cc(-c2cnn3cc(-c4cnn(CC5COCCO5)c4)ccc23)c1. The maximum absolute atomic E-state index is 14.6. The molecule has 1 aliphatic heterocycles. The summed E-state index contributed by atoms with van der Waals surface area (Å²) in [7, 11) is -3.38. The lowest BCUT2D eigenvalue weighted by molar-refractivity contribution is -0.0946. The number of fused-ring (bicyclic) bond motifs is 1. The van der Waals surface area contributed by atoms with Crippen molar-refractivity contribution in [2.45, 2.75) is 18.4 Å². The van der Waals surface area contributed by atoms with Crippen molar-refractivity contribution in [2.75, 3.05) is 26.1 Å². The monoisotopic (exact) mass is 565 g/mol. The van der Waals surface area contributed by atoms with E-state index in [2.05, 4.69) is 15.2 Å². The van der Waals surface area contributed by atoms with E-state index in [0.29, 0.717) is 43.1 Å². The quantitative estimate of drug-likeness (QED) is 0.292. The number of rotatable bonds is 7.